The van der Waals surface area contributed by atoms with Gasteiger partial charge < -0.3 is 15.0 Å². The number of morpholine rings is 1. The van der Waals surface area contributed by atoms with Crippen LogP contribution in [0.5, 0.6) is 0 Å². The van der Waals surface area contributed by atoms with Crippen molar-refractivity contribution in [3.63, 3.8) is 0 Å². The van der Waals surface area contributed by atoms with Crippen LogP contribution >= 0.6 is 11.3 Å². The van der Waals surface area contributed by atoms with Crippen LogP contribution in [-0.4, -0.2) is 48.6 Å². The van der Waals surface area contributed by atoms with Crippen molar-refractivity contribution in [3.05, 3.63) is 11.1 Å². The zero-order valence-electron chi connectivity index (χ0n) is 9.94. The lowest BCUT2D eigenvalue weighted by Gasteiger charge is -2.26. The summed E-state index contributed by atoms with van der Waals surface area (Å²) >= 11 is 1.57. The van der Waals surface area contributed by atoms with Gasteiger partial charge in [0.05, 0.1) is 18.9 Å². The molecule has 2 rings (SSSR count). The Hall–Kier alpha value is -1.14. The summed E-state index contributed by atoms with van der Waals surface area (Å²) < 4.78 is 5.21. The first-order chi connectivity index (χ1) is 8.25. The van der Waals surface area contributed by atoms with Gasteiger partial charge >= 0.3 is 0 Å². The van der Waals surface area contributed by atoms with E-state index in [1.54, 1.807) is 11.3 Å². The molecule has 94 valence electrons. The quantitative estimate of drug-likeness (QED) is 0.875. The molecule has 1 aromatic heterocycles. The van der Waals surface area contributed by atoms with Gasteiger partial charge in [-0.25, -0.2) is 4.98 Å². The molecule has 0 saturated carbocycles. The van der Waals surface area contributed by atoms with E-state index < -0.39 is 0 Å². The Kier molecular flexibility index (Phi) is 4.33. The Labute approximate surface area is 105 Å². The largest absolute Gasteiger partial charge is 0.378 e. The number of thiazole rings is 1. The van der Waals surface area contributed by atoms with E-state index in [1.165, 1.54) is 0 Å². The number of nitrogens with zero attached hydrogens (tertiary/aromatic N) is 2. The molecule has 6 heteroatoms. The summed E-state index contributed by atoms with van der Waals surface area (Å²) in [6.07, 6.45) is 0.513. The van der Waals surface area contributed by atoms with E-state index in [2.05, 4.69) is 10.3 Å². The average molecular weight is 255 g/mol. The molecule has 1 amide bonds. The number of hydrogen-bond acceptors (Lipinski definition) is 5. The monoisotopic (exact) mass is 255 g/mol. The number of carbonyl (C=O) groups is 1. The number of ether oxygens (including phenoxy) is 1. The van der Waals surface area contributed by atoms with Crippen molar-refractivity contribution in [1.82, 2.24) is 9.88 Å². The van der Waals surface area contributed by atoms with Crippen LogP contribution in [0.4, 0.5) is 5.13 Å². The Morgan fingerprint density at radius 3 is 3.00 bits per heavy atom. The summed E-state index contributed by atoms with van der Waals surface area (Å²) in [6, 6.07) is 0. The van der Waals surface area contributed by atoms with Crippen molar-refractivity contribution in [1.29, 1.82) is 0 Å². The number of nitrogens with one attached hydrogen (secondary N) is 1. The van der Waals surface area contributed by atoms with Crippen molar-refractivity contribution in [2.45, 2.75) is 13.3 Å². The number of anilines is 1. The van der Waals surface area contributed by atoms with Crippen LogP contribution in [0.25, 0.3) is 0 Å². The van der Waals surface area contributed by atoms with Gasteiger partial charge in [-0.2, -0.15) is 0 Å². The van der Waals surface area contributed by atoms with E-state index in [4.69, 9.17) is 4.74 Å². The molecule has 0 aromatic carbocycles. The maximum absolute atomic E-state index is 11.8. The van der Waals surface area contributed by atoms with Crippen LogP contribution in [0.3, 0.4) is 0 Å². The first-order valence-corrected chi connectivity index (χ1v) is 6.65. The standard InChI is InChI=1S/C11H17N3O2S/c1-9-8-17-11(13-9)12-3-2-10(15)14-4-6-16-7-5-14/h8H,2-7H2,1H3,(H,12,13). The zero-order valence-corrected chi connectivity index (χ0v) is 10.8. The van der Waals surface area contributed by atoms with E-state index in [9.17, 15) is 4.79 Å². The smallest absolute Gasteiger partial charge is 0.224 e. The van der Waals surface area contributed by atoms with Crippen LogP contribution in [-0.2, 0) is 9.53 Å². The minimum absolute atomic E-state index is 0.189. The van der Waals surface area contributed by atoms with Crippen LogP contribution in [0.15, 0.2) is 5.38 Å². The van der Waals surface area contributed by atoms with Crippen molar-refractivity contribution >= 4 is 22.4 Å². The van der Waals surface area contributed by atoms with Crippen LogP contribution in [0.1, 0.15) is 12.1 Å². The summed E-state index contributed by atoms with van der Waals surface area (Å²) in [5.74, 6) is 0.189. The molecule has 1 saturated heterocycles. The molecule has 2 heterocycles. The molecular formula is C11H17N3O2S. The number of aryl methyl sites for hydroxylation is 1. The Bertz CT molecular complexity index is 375. The first-order valence-electron chi connectivity index (χ1n) is 5.77. The van der Waals surface area contributed by atoms with Gasteiger partial charge in [0.15, 0.2) is 5.13 Å². The predicted molar refractivity (Wildman–Crippen MR) is 67.4 cm³/mol. The maximum Gasteiger partial charge on any atom is 0.224 e. The van der Waals surface area contributed by atoms with E-state index in [0.29, 0.717) is 26.2 Å². The normalized spacial score (nSPS) is 15.9. The van der Waals surface area contributed by atoms with E-state index >= 15 is 0 Å². The van der Waals surface area contributed by atoms with Crippen molar-refractivity contribution in [2.75, 3.05) is 38.2 Å². The molecule has 0 radical (unpaired) electrons. The number of rotatable bonds is 4. The molecule has 5 nitrogen and oxygen atoms in total. The van der Waals surface area contributed by atoms with Gasteiger partial charge in [0.2, 0.25) is 5.91 Å². The molecule has 1 aliphatic rings. The molecule has 0 spiro atoms. The Balaban J connectivity index is 1.69. The minimum atomic E-state index is 0.189. The predicted octanol–water partition coefficient (Wildman–Crippen LogP) is 1.11. The Morgan fingerprint density at radius 2 is 2.35 bits per heavy atom. The van der Waals surface area contributed by atoms with Crippen molar-refractivity contribution in [3.8, 4) is 0 Å². The average Bonchev–Trinajstić information content (AvgIpc) is 2.76. The molecule has 0 atom stereocenters. The molecular weight excluding hydrogens is 238 g/mol. The SMILES string of the molecule is Cc1csc(NCCC(=O)N2CCOCC2)n1. The highest BCUT2D eigenvalue weighted by molar-refractivity contribution is 7.13. The van der Waals surface area contributed by atoms with Gasteiger partial charge in [0, 0.05) is 31.4 Å². The number of hydrogen-bond donors (Lipinski definition) is 1. The third-order valence-corrected chi connectivity index (χ3v) is 3.52. The lowest BCUT2D eigenvalue weighted by molar-refractivity contribution is -0.134. The third kappa shape index (κ3) is 3.67. The highest BCUT2D eigenvalue weighted by Crippen LogP contribution is 2.14. The summed E-state index contributed by atoms with van der Waals surface area (Å²) in [5, 5.41) is 6.04. The minimum Gasteiger partial charge on any atom is -0.378 e. The van der Waals surface area contributed by atoms with E-state index in [1.807, 2.05) is 17.2 Å². The van der Waals surface area contributed by atoms with Gasteiger partial charge in [-0.3, -0.25) is 4.79 Å². The lowest BCUT2D eigenvalue weighted by Crippen LogP contribution is -2.41. The molecule has 0 unspecified atom stereocenters. The molecule has 1 aliphatic heterocycles. The second kappa shape index (κ2) is 5.97. The molecule has 0 bridgehead atoms. The van der Waals surface area contributed by atoms with Gasteiger partial charge in [0.25, 0.3) is 0 Å². The number of aromatic nitrogens is 1. The summed E-state index contributed by atoms with van der Waals surface area (Å²) in [5.41, 5.74) is 1.01. The molecule has 1 N–H and O–H groups in total. The summed E-state index contributed by atoms with van der Waals surface area (Å²) in [7, 11) is 0. The highest BCUT2D eigenvalue weighted by atomic mass is 32.1. The fourth-order valence-electron chi connectivity index (χ4n) is 1.68. The van der Waals surface area contributed by atoms with Crippen molar-refractivity contribution < 1.29 is 9.53 Å². The first kappa shape index (κ1) is 12.3. The molecule has 0 aliphatic carbocycles. The van der Waals surface area contributed by atoms with Crippen LogP contribution in [0.2, 0.25) is 0 Å². The molecule has 17 heavy (non-hydrogen) atoms. The second-order valence-corrected chi connectivity index (χ2v) is 4.82. The molecule has 1 aromatic rings. The highest BCUT2D eigenvalue weighted by Gasteiger charge is 2.15. The second-order valence-electron chi connectivity index (χ2n) is 3.96. The van der Waals surface area contributed by atoms with Gasteiger partial charge in [-0.1, -0.05) is 0 Å². The lowest BCUT2D eigenvalue weighted by atomic mass is 10.3. The van der Waals surface area contributed by atoms with Gasteiger partial charge in [0.1, 0.15) is 0 Å². The summed E-state index contributed by atoms with van der Waals surface area (Å²) in [6.45, 7) is 5.35. The van der Waals surface area contributed by atoms with E-state index in [0.717, 1.165) is 23.9 Å². The third-order valence-electron chi connectivity index (χ3n) is 2.60. The molecule has 1 fully saturated rings. The van der Waals surface area contributed by atoms with Gasteiger partial charge in [-0.15, -0.1) is 11.3 Å². The van der Waals surface area contributed by atoms with Crippen LogP contribution < -0.4 is 5.32 Å². The summed E-state index contributed by atoms with van der Waals surface area (Å²) in [4.78, 5) is 17.9. The number of amides is 1. The van der Waals surface area contributed by atoms with E-state index in [-0.39, 0.29) is 5.91 Å². The topological polar surface area (TPSA) is 54.5 Å². The van der Waals surface area contributed by atoms with Crippen molar-refractivity contribution in [2.24, 2.45) is 0 Å². The van der Waals surface area contributed by atoms with Crippen LogP contribution in [0, 0.1) is 6.92 Å². The number of carbonyl (C=O) groups excluding carboxylic acids is 1. The maximum atomic E-state index is 11.8. The van der Waals surface area contributed by atoms with Gasteiger partial charge in [-0.05, 0) is 6.92 Å². The fraction of sp³-hybridized carbons (Fsp3) is 0.636. The zero-order chi connectivity index (χ0) is 12.1. The fourth-order valence-corrected chi connectivity index (χ4v) is 2.40. The Morgan fingerprint density at radius 1 is 1.59 bits per heavy atom.